The molecule has 0 amide bonds. The minimum absolute atomic E-state index is 0.231. The third-order valence-electron chi connectivity index (χ3n) is 7.55. The van der Waals surface area contributed by atoms with E-state index in [0.29, 0.717) is 22.8 Å². The lowest BCUT2D eigenvalue weighted by Crippen LogP contribution is -2.59. The van der Waals surface area contributed by atoms with Gasteiger partial charge < -0.3 is 43.8 Å². The van der Waals surface area contributed by atoms with E-state index < -0.39 is 60.1 Å². The summed E-state index contributed by atoms with van der Waals surface area (Å²) in [4.78, 5) is 28.8. The van der Waals surface area contributed by atoms with Gasteiger partial charge in [-0.3, -0.25) is 0 Å². The van der Waals surface area contributed by atoms with E-state index in [4.69, 9.17) is 38.9 Å². The summed E-state index contributed by atoms with van der Waals surface area (Å²) >= 11 is 0. The van der Waals surface area contributed by atoms with Crippen molar-refractivity contribution in [3.63, 3.8) is 0 Å². The molecule has 5 rings (SSSR count). The van der Waals surface area contributed by atoms with Crippen molar-refractivity contribution in [1.82, 2.24) is 0 Å². The third-order valence-corrected chi connectivity index (χ3v) is 7.55. The van der Waals surface area contributed by atoms with Crippen LogP contribution in [0.2, 0.25) is 0 Å². The maximum absolute atomic E-state index is 13.5. The van der Waals surface area contributed by atoms with Gasteiger partial charge >= 0.3 is 11.9 Å². The van der Waals surface area contributed by atoms with E-state index in [0.717, 1.165) is 0 Å². The van der Waals surface area contributed by atoms with Gasteiger partial charge in [0.15, 0.2) is 17.9 Å². The summed E-state index contributed by atoms with van der Waals surface area (Å²) in [5.41, 5.74) is 8.79. The summed E-state index contributed by atoms with van der Waals surface area (Å²) in [6.07, 6.45) is -3.56. The van der Waals surface area contributed by atoms with Crippen LogP contribution in [0.5, 0.6) is 0 Å². The highest BCUT2D eigenvalue weighted by Gasteiger charge is 2.63. The number of nitrogen functional groups attached to an aromatic ring is 1. The smallest absolute Gasteiger partial charge is 0.336 e. The quantitative estimate of drug-likeness (QED) is 0.444. The number of fused-ring (bicyclic) bond motifs is 3. The van der Waals surface area contributed by atoms with Crippen molar-refractivity contribution in [2.24, 2.45) is 5.92 Å². The second-order valence-corrected chi connectivity index (χ2v) is 11.0. The molecule has 0 aromatic heterocycles. The van der Waals surface area contributed by atoms with Gasteiger partial charge in [0, 0.05) is 22.8 Å². The van der Waals surface area contributed by atoms with Gasteiger partial charge in [-0.05, 0) is 65.8 Å². The molecule has 1 aromatic carbocycles. The molecule has 0 saturated carbocycles. The largest absolute Gasteiger partial charge is 0.466 e. The Kier molecular flexibility index (Phi) is 6.79. The summed E-state index contributed by atoms with van der Waals surface area (Å²) in [7, 11) is 2.59. The molecule has 0 radical (unpaired) electrons. The van der Waals surface area contributed by atoms with Crippen LogP contribution in [0, 0.1) is 5.92 Å². The average Bonchev–Trinajstić information content (AvgIpc) is 3.37. The molecule has 1 aromatic rings. The number of esters is 2. The van der Waals surface area contributed by atoms with Crippen molar-refractivity contribution in [2.75, 3.05) is 24.9 Å². The molecular weight excluding hydrogens is 508 g/mol. The predicted molar refractivity (Wildman–Crippen MR) is 139 cm³/mol. The van der Waals surface area contributed by atoms with Crippen molar-refractivity contribution < 1.29 is 42.7 Å². The number of methoxy groups -OCH3 is 2. The minimum atomic E-state index is -0.971. The number of anilines is 2. The zero-order valence-corrected chi connectivity index (χ0v) is 23.5. The van der Waals surface area contributed by atoms with Gasteiger partial charge in [0.2, 0.25) is 0 Å². The minimum Gasteiger partial charge on any atom is -0.466 e. The standard InChI is InChI=1S/C28H36N2O9/c1-13-17(24(31)33-7)19(18(25(32)34-8)14(2)30(13)16-11-9-15(29)10-12-16)20-21-22(37-27(3,4)36-21)23-26(35-20)39-28(5,6)38-23/h9-12,19-23,26H,29H2,1-8H3/t20-,21+,22+,23-,26-/m0/s1. The summed E-state index contributed by atoms with van der Waals surface area (Å²) in [6, 6.07) is 7.12. The lowest BCUT2D eigenvalue weighted by molar-refractivity contribution is -0.240. The number of nitrogens with zero attached hydrogens (tertiary/aromatic N) is 1. The van der Waals surface area contributed by atoms with Crippen LogP contribution in [0.4, 0.5) is 11.4 Å². The van der Waals surface area contributed by atoms with E-state index in [-0.39, 0.29) is 11.1 Å². The Balaban J connectivity index is 1.69. The fourth-order valence-electron chi connectivity index (χ4n) is 6.11. The lowest BCUT2D eigenvalue weighted by Gasteiger charge is -2.45. The fraction of sp³-hybridized carbons (Fsp3) is 0.571. The Morgan fingerprint density at radius 1 is 0.769 bits per heavy atom. The van der Waals surface area contributed by atoms with Gasteiger partial charge in [0.1, 0.15) is 24.4 Å². The molecule has 4 aliphatic heterocycles. The fourth-order valence-corrected chi connectivity index (χ4v) is 6.11. The van der Waals surface area contributed by atoms with Gasteiger partial charge in [-0.15, -0.1) is 0 Å². The molecule has 4 heterocycles. The third kappa shape index (κ3) is 4.62. The van der Waals surface area contributed by atoms with Gasteiger partial charge in [-0.25, -0.2) is 9.59 Å². The molecule has 11 nitrogen and oxygen atoms in total. The molecule has 0 spiro atoms. The van der Waals surface area contributed by atoms with Crippen LogP contribution in [0.25, 0.3) is 0 Å². The van der Waals surface area contributed by atoms with E-state index >= 15 is 0 Å². The summed E-state index contributed by atoms with van der Waals surface area (Å²) < 4.78 is 41.9. The number of ether oxygens (including phenoxy) is 7. The maximum atomic E-state index is 13.5. The Hall–Kier alpha value is -2.96. The number of benzene rings is 1. The van der Waals surface area contributed by atoms with Gasteiger partial charge in [-0.1, -0.05) is 0 Å². The number of hydrogen-bond donors (Lipinski definition) is 1. The zero-order valence-electron chi connectivity index (χ0n) is 23.5. The SMILES string of the molecule is COC(=O)C1=C(C)N(c2ccc(N)cc2)C(C)=C(C(=O)OC)C1[C@@H]1O[C@H]2OC(C)(C)O[C@H]2[C@@H]2OC(C)(C)O[C@@H]21. The summed E-state index contributed by atoms with van der Waals surface area (Å²) in [5.74, 6) is -4.06. The zero-order chi connectivity index (χ0) is 28.4. The van der Waals surface area contributed by atoms with Crippen molar-refractivity contribution in [1.29, 1.82) is 0 Å². The molecule has 2 N–H and O–H groups in total. The Morgan fingerprint density at radius 2 is 1.23 bits per heavy atom. The van der Waals surface area contributed by atoms with E-state index in [1.165, 1.54) is 14.2 Å². The Bertz CT molecular complexity index is 1200. The monoisotopic (exact) mass is 544 g/mol. The van der Waals surface area contributed by atoms with Crippen molar-refractivity contribution in [3.8, 4) is 0 Å². The average molecular weight is 545 g/mol. The van der Waals surface area contributed by atoms with Crippen LogP contribution in [0.1, 0.15) is 41.5 Å². The first-order chi connectivity index (χ1) is 18.3. The molecule has 11 heteroatoms. The molecule has 0 aliphatic carbocycles. The number of nitrogens with two attached hydrogens (primary N) is 1. The van der Waals surface area contributed by atoms with Gasteiger partial charge in [-0.2, -0.15) is 0 Å². The maximum Gasteiger partial charge on any atom is 0.336 e. The topological polar surface area (TPSA) is 128 Å². The van der Waals surface area contributed by atoms with Crippen LogP contribution in [0.15, 0.2) is 46.8 Å². The van der Waals surface area contributed by atoms with Crippen LogP contribution in [-0.2, 0) is 42.7 Å². The van der Waals surface area contributed by atoms with E-state index in [2.05, 4.69) is 0 Å². The number of carbonyl (C=O) groups excluding carboxylic acids is 2. The number of allylic oxidation sites excluding steroid dienone is 2. The van der Waals surface area contributed by atoms with Crippen molar-refractivity contribution >= 4 is 23.3 Å². The second kappa shape index (κ2) is 9.60. The highest BCUT2D eigenvalue weighted by atomic mass is 16.9. The molecule has 0 bridgehead atoms. The highest BCUT2D eigenvalue weighted by molar-refractivity contribution is 6.00. The van der Waals surface area contributed by atoms with Crippen LogP contribution < -0.4 is 10.6 Å². The Labute approximate surface area is 227 Å². The van der Waals surface area contributed by atoms with Crippen LogP contribution in [-0.4, -0.2) is 68.4 Å². The molecule has 5 atom stereocenters. The molecule has 3 fully saturated rings. The molecule has 212 valence electrons. The van der Waals surface area contributed by atoms with Gasteiger partial charge in [0.25, 0.3) is 0 Å². The van der Waals surface area contributed by atoms with E-state index in [1.807, 2.05) is 17.0 Å². The first-order valence-corrected chi connectivity index (χ1v) is 12.9. The molecule has 4 aliphatic rings. The first-order valence-electron chi connectivity index (χ1n) is 12.9. The normalized spacial score (nSPS) is 31.7. The number of carbonyl (C=O) groups is 2. The number of rotatable bonds is 4. The van der Waals surface area contributed by atoms with Crippen LogP contribution >= 0.6 is 0 Å². The molecule has 39 heavy (non-hydrogen) atoms. The van der Waals surface area contributed by atoms with Crippen molar-refractivity contribution in [2.45, 2.75) is 83.8 Å². The van der Waals surface area contributed by atoms with E-state index in [9.17, 15) is 9.59 Å². The molecular formula is C28H36N2O9. The second-order valence-electron chi connectivity index (χ2n) is 11.0. The molecule has 0 unspecified atom stereocenters. The van der Waals surface area contributed by atoms with Crippen molar-refractivity contribution in [3.05, 3.63) is 46.8 Å². The first kappa shape index (κ1) is 27.6. The Morgan fingerprint density at radius 3 is 1.74 bits per heavy atom. The van der Waals surface area contributed by atoms with Crippen LogP contribution in [0.3, 0.4) is 0 Å². The van der Waals surface area contributed by atoms with E-state index in [1.54, 1.807) is 53.7 Å². The predicted octanol–water partition coefficient (Wildman–Crippen LogP) is 3.00. The number of hydrogen-bond acceptors (Lipinski definition) is 11. The summed E-state index contributed by atoms with van der Waals surface area (Å²) in [6.45, 7) is 10.8. The van der Waals surface area contributed by atoms with Gasteiger partial charge in [0.05, 0.1) is 31.3 Å². The lowest BCUT2D eigenvalue weighted by atomic mass is 9.76. The summed E-state index contributed by atoms with van der Waals surface area (Å²) in [5, 5.41) is 0. The molecule has 3 saturated heterocycles. The highest BCUT2D eigenvalue weighted by Crippen LogP contribution is 2.50.